The molecule has 0 saturated carbocycles. The second-order valence-corrected chi connectivity index (χ2v) is 5.05. The van der Waals surface area contributed by atoms with E-state index in [2.05, 4.69) is 49.5 Å². The Hall–Kier alpha value is -0.470. The maximum Gasteiger partial charge on any atom is 0.0512 e. The molecule has 0 unspecified atom stereocenters. The Balaban J connectivity index is 2.18. The van der Waals surface area contributed by atoms with E-state index in [1.54, 1.807) is 0 Å². The second kappa shape index (κ2) is 3.72. The average molecular weight is 193 g/mol. The fourth-order valence-corrected chi connectivity index (χ4v) is 3.21. The number of hydrogen-bond donors (Lipinski definition) is 1. The van der Waals surface area contributed by atoms with E-state index in [9.17, 15) is 0 Å². The molecule has 0 aromatic heterocycles. The molecule has 1 saturated heterocycles. The Kier molecular flexibility index (Phi) is 2.61. The maximum atomic E-state index is 3.53. The molecule has 1 fully saturated rings. The summed E-state index contributed by atoms with van der Waals surface area (Å²) in [5, 5.41) is 4.73. The molecule has 1 heterocycles. The average Bonchev–Trinajstić information content (AvgIpc) is 2.47. The van der Waals surface area contributed by atoms with Gasteiger partial charge in [0.1, 0.15) is 0 Å². The number of hydrogen-bond acceptors (Lipinski definition) is 2. The van der Waals surface area contributed by atoms with Gasteiger partial charge in [0.15, 0.2) is 0 Å². The molecule has 3 atom stereocenters. The zero-order valence-corrected chi connectivity index (χ0v) is 8.84. The summed E-state index contributed by atoms with van der Waals surface area (Å²) in [6.07, 6.45) is 0. The summed E-state index contributed by atoms with van der Waals surface area (Å²) in [4.78, 5) is 0. The molecule has 0 bridgehead atoms. The molecular formula is C11H15NS. The van der Waals surface area contributed by atoms with E-state index >= 15 is 0 Å². The van der Waals surface area contributed by atoms with Crippen LogP contribution in [-0.4, -0.2) is 11.4 Å². The lowest BCUT2D eigenvalue weighted by atomic mass is 10.1. The van der Waals surface area contributed by atoms with Crippen LogP contribution < -0.4 is 5.32 Å². The molecule has 2 heteroatoms. The van der Waals surface area contributed by atoms with Crippen molar-refractivity contribution < 1.29 is 0 Å². The van der Waals surface area contributed by atoms with E-state index < -0.39 is 0 Å². The van der Waals surface area contributed by atoms with Crippen LogP contribution in [-0.2, 0) is 0 Å². The molecule has 1 aromatic rings. The van der Waals surface area contributed by atoms with Gasteiger partial charge in [0, 0.05) is 11.3 Å². The maximum absolute atomic E-state index is 3.53. The topological polar surface area (TPSA) is 12.0 Å². The Labute approximate surface area is 83.9 Å². The third-order valence-corrected chi connectivity index (χ3v) is 3.95. The van der Waals surface area contributed by atoms with Gasteiger partial charge in [-0.1, -0.05) is 30.3 Å². The van der Waals surface area contributed by atoms with Crippen LogP contribution >= 0.6 is 11.8 Å². The Morgan fingerprint density at radius 3 is 2.38 bits per heavy atom. The molecule has 0 radical (unpaired) electrons. The van der Waals surface area contributed by atoms with Crippen LogP contribution in [0.25, 0.3) is 0 Å². The fourth-order valence-electron chi connectivity index (χ4n) is 1.84. The van der Waals surface area contributed by atoms with Gasteiger partial charge in [0.2, 0.25) is 0 Å². The van der Waals surface area contributed by atoms with Crippen LogP contribution in [0.4, 0.5) is 0 Å². The van der Waals surface area contributed by atoms with Crippen LogP contribution in [0.2, 0.25) is 0 Å². The monoisotopic (exact) mass is 193 g/mol. The first-order valence-corrected chi connectivity index (χ1v) is 5.68. The lowest BCUT2D eigenvalue weighted by Crippen LogP contribution is -2.25. The number of rotatable bonds is 1. The summed E-state index contributed by atoms with van der Waals surface area (Å²) in [5.41, 5.74) is 1.44. The van der Waals surface area contributed by atoms with Crippen LogP contribution in [0.1, 0.15) is 24.7 Å². The Bertz CT molecular complexity index is 273. The quantitative estimate of drug-likeness (QED) is 0.736. The first-order chi connectivity index (χ1) is 6.27. The van der Waals surface area contributed by atoms with Crippen molar-refractivity contribution in [3.63, 3.8) is 0 Å². The predicted octanol–water partition coefficient (Wildman–Crippen LogP) is 2.80. The molecule has 1 aromatic carbocycles. The first-order valence-electron chi connectivity index (χ1n) is 4.74. The van der Waals surface area contributed by atoms with Crippen molar-refractivity contribution in [2.45, 2.75) is 30.5 Å². The van der Waals surface area contributed by atoms with Crippen LogP contribution in [0, 0.1) is 0 Å². The third kappa shape index (κ3) is 1.89. The van der Waals surface area contributed by atoms with Gasteiger partial charge in [-0.3, -0.25) is 0 Å². The Morgan fingerprint density at radius 1 is 1.15 bits per heavy atom. The highest BCUT2D eigenvalue weighted by atomic mass is 32.2. The SMILES string of the molecule is C[C@H]1N[C@H](C)[C@@H](c2ccccc2)S1. The molecule has 1 aliphatic rings. The van der Waals surface area contributed by atoms with Crippen molar-refractivity contribution in [2.75, 3.05) is 0 Å². The van der Waals surface area contributed by atoms with Gasteiger partial charge in [-0.05, 0) is 19.4 Å². The largest absolute Gasteiger partial charge is 0.302 e. The minimum atomic E-state index is 0.584. The summed E-state index contributed by atoms with van der Waals surface area (Å²) in [6.45, 7) is 4.48. The van der Waals surface area contributed by atoms with Gasteiger partial charge in [0.25, 0.3) is 0 Å². The molecule has 0 spiro atoms. The molecule has 70 valence electrons. The predicted molar refractivity (Wildman–Crippen MR) is 58.8 cm³/mol. The molecule has 1 N–H and O–H groups in total. The fraction of sp³-hybridized carbons (Fsp3) is 0.455. The van der Waals surface area contributed by atoms with Gasteiger partial charge in [-0.2, -0.15) is 0 Å². The standard InChI is InChI=1S/C11H15NS/c1-8-11(13-9(2)12-8)10-6-4-3-5-7-10/h3-9,11-12H,1-2H3/t8-,9+,11+/m1/s1. The van der Waals surface area contributed by atoms with Crippen LogP contribution in [0.3, 0.4) is 0 Å². The van der Waals surface area contributed by atoms with Crippen molar-refractivity contribution in [1.29, 1.82) is 0 Å². The van der Waals surface area contributed by atoms with E-state index in [4.69, 9.17) is 0 Å². The summed E-state index contributed by atoms with van der Waals surface area (Å²) in [6, 6.07) is 11.3. The van der Waals surface area contributed by atoms with Gasteiger partial charge >= 0.3 is 0 Å². The number of benzene rings is 1. The summed E-state index contributed by atoms with van der Waals surface area (Å²) in [7, 11) is 0. The van der Waals surface area contributed by atoms with Crippen molar-refractivity contribution in [1.82, 2.24) is 5.32 Å². The third-order valence-electron chi connectivity index (χ3n) is 2.43. The zero-order chi connectivity index (χ0) is 9.26. The molecule has 2 rings (SSSR count). The van der Waals surface area contributed by atoms with Gasteiger partial charge in [-0.15, -0.1) is 11.8 Å². The number of nitrogens with one attached hydrogen (secondary N) is 1. The molecule has 1 aliphatic heterocycles. The molecule has 1 nitrogen and oxygen atoms in total. The molecule has 0 amide bonds. The van der Waals surface area contributed by atoms with Gasteiger partial charge in [-0.25, -0.2) is 0 Å². The van der Waals surface area contributed by atoms with Crippen molar-refractivity contribution >= 4 is 11.8 Å². The number of thioether (sulfide) groups is 1. The molecular weight excluding hydrogens is 178 g/mol. The molecule has 13 heavy (non-hydrogen) atoms. The minimum Gasteiger partial charge on any atom is -0.302 e. The normalized spacial score (nSPS) is 33.5. The first kappa shape index (κ1) is 9.10. The van der Waals surface area contributed by atoms with E-state index in [1.165, 1.54) is 5.56 Å². The van der Waals surface area contributed by atoms with Gasteiger partial charge < -0.3 is 5.32 Å². The molecule has 0 aliphatic carbocycles. The lowest BCUT2D eigenvalue weighted by molar-refractivity contribution is 0.575. The van der Waals surface area contributed by atoms with E-state index in [-0.39, 0.29) is 0 Å². The summed E-state index contributed by atoms with van der Waals surface area (Å²) >= 11 is 2.02. The van der Waals surface area contributed by atoms with Crippen LogP contribution in [0.15, 0.2) is 30.3 Å². The summed E-state index contributed by atoms with van der Waals surface area (Å²) < 4.78 is 0. The van der Waals surface area contributed by atoms with Crippen LogP contribution in [0.5, 0.6) is 0 Å². The summed E-state index contributed by atoms with van der Waals surface area (Å²) in [5.74, 6) is 0. The van der Waals surface area contributed by atoms with E-state index in [1.807, 2.05) is 11.8 Å². The van der Waals surface area contributed by atoms with Crippen molar-refractivity contribution in [3.8, 4) is 0 Å². The zero-order valence-electron chi connectivity index (χ0n) is 8.03. The van der Waals surface area contributed by atoms with E-state index in [0.717, 1.165) is 0 Å². The Morgan fingerprint density at radius 2 is 1.85 bits per heavy atom. The van der Waals surface area contributed by atoms with E-state index in [0.29, 0.717) is 16.7 Å². The van der Waals surface area contributed by atoms with Crippen molar-refractivity contribution in [2.24, 2.45) is 0 Å². The second-order valence-electron chi connectivity index (χ2n) is 3.56. The minimum absolute atomic E-state index is 0.584. The highest BCUT2D eigenvalue weighted by Gasteiger charge is 2.29. The highest BCUT2D eigenvalue weighted by Crippen LogP contribution is 2.39. The highest BCUT2D eigenvalue weighted by molar-refractivity contribution is 8.00. The lowest BCUT2D eigenvalue weighted by Gasteiger charge is -2.13. The van der Waals surface area contributed by atoms with Crippen molar-refractivity contribution in [3.05, 3.63) is 35.9 Å². The smallest absolute Gasteiger partial charge is 0.0512 e. The van der Waals surface area contributed by atoms with Gasteiger partial charge in [0.05, 0.1) is 5.37 Å².